The molecule has 6 nitrogen and oxygen atoms in total. The van der Waals surface area contributed by atoms with Gasteiger partial charge in [-0.2, -0.15) is 0 Å². The molecule has 0 saturated heterocycles. The van der Waals surface area contributed by atoms with Crippen molar-refractivity contribution in [1.29, 1.82) is 0 Å². The maximum Gasteiger partial charge on any atom is 0.313 e. The van der Waals surface area contributed by atoms with Crippen LogP contribution in [0.25, 0.3) is 0 Å². The fourth-order valence-corrected chi connectivity index (χ4v) is 2.95. The van der Waals surface area contributed by atoms with Gasteiger partial charge in [-0.1, -0.05) is 35.9 Å². The molecule has 7 heteroatoms. The Bertz CT molecular complexity index is 824. The molecule has 0 radical (unpaired) electrons. The highest BCUT2D eigenvalue weighted by molar-refractivity contribution is 6.39. The molecule has 0 aliphatic carbocycles. The highest BCUT2D eigenvalue weighted by Crippen LogP contribution is 2.26. The van der Waals surface area contributed by atoms with Crippen LogP contribution in [0, 0.1) is 6.92 Å². The van der Waals surface area contributed by atoms with E-state index < -0.39 is 11.8 Å². The molecule has 2 aromatic carbocycles. The number of likely N-dealkylation sites (N-methyl/N-ethyl adjacent to an activating group) is 1. The number of nitrogens with zero attached hydrogens (tertiary/aromatic N) is 1. The molecule has 0 aliphatic rings. The fraction of sp³-hybridized carbons (Fsp3) is 0.300. The molecule has 0 bridgehead atoms. The zero-order chi connectivity index (χ0) is 20.0. The maximum atomic E-state index is 12.3. The number of methoxy groups -OCH3 is 1. The molecule has 27 heavy (non-hydrogen) atoms. The number of nitrogens with one attached hydrogen (secondary N) is 2. The number of aryl methyl sites for hydroxylation is 1. The number of rotatable bonds is 6. The number of carbonyl (C=O) groups is 2. The van der Waals surface area contributed by atoms with E-state index >= 15 is 0 Å². The lowest BCUT2D eigenvalue weighted by atomic mass is 10.1. The first-order valence-corrected chi connectivity index (χ1v) is 8.86. The summed E-state index contributed by atoms with van der Waals surface area (Å²) in [5.41, 5.74) is 2.27. The van der Waals surface area contributed by atoms with Crippen LogP contribution in [0.3, 0.4) is 0 Å². The summed E-state index contributed by atoms with van der Waals surface area (Å²) in [6, 6.07) is 12.6. The molecule has 0 aromatic heterocycles. The highest BCUT2D eigenvalue weighted by atomic mass is 35.5. The number of hydrogen-bond acceptors (Lipinski definition) is 4. The van der Waals surface area contributed by atoms with Crippen LogP contribution >= 0.6 is 11.6 Å². The van der Waals surface area contributed by atoms with Crippen molar-refractivity contribution in [3.63, 3.8) is 0 Å². The van der Waals surface area contributed by atoms with Crippen LogP contribution in [0.4, 0.5) is 5.69 Å². The topological polar surface area (TPSA) is 70.7 Å². The van der Waals surface area contributed by atoms with Gasteiger partial charge in [-0.15, -0.1) is 0 Å². The van der Waals surface area contributed by atoms with Crippen molar-refractivity contribution in [2.75, 3.05) is 33.1 Å². The van der Waals surface area contributed by atoms with E-state index in [-0.39, 0.29) is 12.6 Å². The Labute approximate surface area is 164 Å². The average Bonchev–Trinajstić information content (AvgIpc) is 2.63. The normalized spacial score (nSPS) is 11.8. The summed E-state index contributed by atoms with van der Waals surface area (Å²) in [6.45, 7) is 2.13. The molecule has 144 valence electrons. The Morgan fingerprint density at radius 1 is 1.15 bits per heavy atom. The lowest BCUT2D eigenvalue weighted by Gasteiger charge is -2.25. The molecule has 2 amide bonds. The summed E-state index contributed by atoms with van der Waals surface area (Å²) in [4.78, 5) is 26.5. The zero-order valence-corrected chi connectivity index (χ0v) is 16.6. The van der Waals surface area contributed by atoms with Crippen LogP contribution in [0.15, 0.2) is 42.5 Å². The predicted octanol–water partition coefficient (Wildman–Crippen LogP) is 3.01. The van der Waals surface area contributed by atoms with E-state index in [0.717, 1.165) is 11.1 Å². The third-order valence-corrected chi connectivity index (χ3v) is 4.50. The quantitative estimate of drug-likeness (QED) is 0.745. The summed E-state index contributed by atoms with van der Waals surface area (Å²) in [5, 5.41) is 5.87. The van der Waals surface area contributed by atoms with Crippen molar-refractivity contribution < 1.29 is 14.3 Å². The molecule has 1 atom stereocenters. The number of halogens is 1. The van der Waals surface area contributed by atoms with Gasteiger partial charge >= 0.3 is 11.8 Å². The van der Waals surface area contributed by atoms with Crippen LogP contribution in [0.1, 0.15) is 17.2 Å². The molecule has 0 unspecified atom stereocenters. The zero-order valence-electron chi connectivity index (χ0n) is 15.9. The fourth-order valence-electron chi connectivity index (χ4n) is 2.68. The van der Waals surface area contributed by atoms with Crippen molar-refractivity contribution in [3.8, 4) is 5.75 Å². The van der Waals surface area contributed by atoms with Crippen LogP contribution in [-0.4, -0.2) is 44.5 Å². The molecule has 2 rings (SSSR count). The Balaban J connectivity index is 2.04. The number of hydrogen-bond donors (Lipinski definition) is 2. The second-order valence-electron chi connectivity index (χ2n) is 6.37. The van der Waals surface area contributed by atoms with Gasteiger partial charge in [0.2, 0.25) is 0 Å². The summed E-state index contributed by atoms with van der Waals surface area (Å²) >= 11 is 6.26. The second-order valence-corrected chi connectivity index (χ2v) is 6.78. The van der Waals surface area contributed by atoms with E-state index in [4.69, 9.17) is 16.3 Å². The van der Waals surface area contributed by atoms with Crippen molar-refractivity contribution >= 4 is 29.1 Å². The number of ether oxygens (including phenoxy) is 1. The van der Waals surface area contributed by atoms with Crippen LogP contribution in [-0.2, 0) is 9.59 Å². The summed E-state index contributed by atoms with van der Waals surface area (Å²) in [7, 11) is 5.28. The van der Waals surface area contributed by atoms with E-state index in [1.165, 1.54) is 7.11 Å². The second kappa shape index (κ2) is 9.39. The highest BCUT2D eigenvalue weighted by Gasteiger charge is 2.21. The van der Waals surface area contributed by atoms with Crippen molar-refractivity contribution in [2.45, 2.75) is 13.0 Å². The van der Waals surface area contributed by atoms with Gasteiger partial charge < -0.3 is 20.3 Å². The van der Waals surface area contributed by atoms with E-state index in [1.807, 2.05) is 50.2 Å². The van der Waals surface area contributed by atoms with E-state index in [9.17, 15) is 9.59 Å². The Morgan fingerprint density at radius 3 is 2.48 bits per heavy atom. The van der Waals surface area contributed by atoms with Crippen molar-refractivity contribution in [3.05, 3.63) is 58.6 Å². The van der Waals surface area contributed by atoms with Crippen LogP contribution < -0.4 is 15.4 Å². The first kappa shape index (κ1) is 20.7. The predicted molar refractivity (Wildman–Crippen MR) is 107 cm³/mol. The van der Waals surface area contributed by atoms with Gasteiger partial charge in [0.15, 0.2) is 0 Å². The number of amides is 2. The number of benzene rings is 2. The molecule has 0 saturated carbocycles. The average molecular weight is 390 g/mol. The molecule has 0 heterocycles. The van der Waals surface area contributed by atoms with Crippen molar-refractivity contribution in [1.82, 2.24) is 10.2 Å². The number of carbonyl (C=O) groups excluding carboxylic acids is 2. The smallest absolute Gasteiger partial charge is 0.313 e. The third kappa shape index (κ3) is 5.45. The lowest BCUT2D eigenvalue weighted by Crippen LogP contribution is -2.40. The minimum atomic E-state index is -0.754. The van der Waals surface area contributed by atoms with Crippen LogP contribution in [0.2, 0.25) is 5.02 Å². The van der Waals surface area contributed by atoms with Gasteiger partial charge in [0.1, 0.15) is 5.75 Å². The third-order valence-electron chi connectivity index (χ3n) is 4.15. The van der Waals surface area contributed by atoms with Gasteiger partial charge in [-0.25, -0.2) is 0 Å². The minimum Gasteiger partial charge on any atom is -0.495 e. The van der Waals surface area contributed by atoms with E-state index in [2.05, 4.69) is 10.6 Å². The van der Waals surface area contributed by atoms with Gasteiger partial charge in [0.05, 0.1) is 18.8 Å². The number of anilines is 1. The minimum absolute atomic E-state index is 0.163. The lowest BCUT2D eigenvalue weighted by molar-refractivity contribution is -0.136. The van der Waals surface area contributed by atoms with E-state index in [0.29, 0.717) is 16.5 Å². The molecule has 0 spiro atoms. The van der Waals surface area contributed by atoms with Gasteiger partial charge in [-0.05, 0) is 50.3 Å². The van der Waals surface area contributed by atoms with Gasteiger partial charge in [0.25, 0.3) is 0 Å². The molecule has 2 aromatic rings. The summed E-state index contributed by atoms with van der Waals surface area (Å²) < 4.78 is 5.21. The first-order valence-electron chi connectivity index (χ1n) is 8.48. The Hall–Kier alpha value is -2.57. The monoisotopic (exact) mass is 389 g/mol. The molecular weight excluding hydrogens is 366 g/mol. The summed E-state index contributed by atoms with van der Waals surface area (Å²) in [6.07, 6.45) is 0. The molecule has 2 N–H and O–H groups in total. The molecular formula is C20H24ClN3O3. The van der Waals surface area contributed by atoms with Gasteiger partial charge in [0, 0.05) is 11.6 Å². The van der Waals surface area contributed by atoms with Crippen LogP contribution in [0.5, 0.6) is 5.75 Å². The standard InChI is InChI=1S/C20H24ClN3O3/c1-13-9-10-18(27-4)16(11-13)23-20(26)19(25)22-12-17(24(2)3)14-7-5-6-8-15(14)21/h5-11,17H,12H2,1-4H3,(H,22,25)(H,23,26)/t17-/m0/s1. The first-order chi connectivity index (χ1) is 12.8. The van der Waals surface area contributed by atoms with E-state index in [1.54, 1.807) is 18.2 Å². The largest absolute Gasteiger partial charge is 0.495 e. The van der Waals surface area contributed by atoms with Crippen molar-refractivity contribution in [2.24, 2.45) is 0 Å². The summed E-state index contributed by atoms with van der Waals surface area (Å²) in [5.74, 6) is -0.989. The Kier molecular flexibility index (Phi) is 7.21. The SMILES string of the molecule is COc1ccc(C)cc1NC(=O)C(=O)NC[C@@H](c1ccccc1Cl)N(C)C. The Morgan fingerprint density at radius 2 is 1.85 bits per heavy atom. The maximum absolute atomic E-state index is 12.3. The van der Waals surface area contributed by atoms with Gasteiger partial charge in [-0.3, -0.25) is 9.59 Å². The molecule has 0 fully saturated rings. The molecule has 0 aliphatic heterocycles.